The lowest BCUT2D eigenvalue weighted by molar-refractivity contribution is 0.0848. The predicted octanol–water partition coefficient (Wildman–Crippen LogP) is 1.51. The van der Waals surface area contributed by atoms with E-state index >= 15 is 0 Å². The van der Waals surface area contributed by atoms with Gasteiger partial charge in [-0.1, -0.05) is 22.7 Å². The van der Waals surface area contributed by atoms with Crippen molar-refractivity contribution in [3.05, 3.63) is 53.6 Å². The number of carbonyl (C=O) groups excluding carboxylic acids is 2. The number of nitrogens with zero attached hydrogens (tertiary/aromatic N) is 2. The average molecular weight is 363 g/mol. The van der Waals surface area contributed by atoms with Gasteiger partial charge >= 0.3 is 0 Å². The maximum absolute atomic E-state index is 12.3. The Morgan fingerprint density at radius 1 is 1.00 bits per heavy atom. The molecule has 2 aromatic carbocycles. The molecule has 24 heavy (non-hydrogen) atoms. The number of aromatic nitrogens is 2. The van der Waals surface area contributed by atoms with Crippen molar-refractivity contribution in [2.24, 2.45) is 0 Å². The molecule has 0 bridgehead atoms. The summed E-state index contributed by atoms with van der Waals surface area (Å²) in [6.45, 7) is 0. The zero-order chi connectivity index (χ0) is 17.3. The van der Waals surface area contributed by atoms with E-state index in [9.17, 15) is 22.6 Å². The van der Waals surface area contributed by atoms with Crippen LogP contribution in [0.1, 0.15) is 20.7 Å². The number of rotatable bonds is 3. The third-order valence-electron chi connectivity index (χ3n) is 3.16. The molecule has 2 amide bonds. The van der Waals surface area contributed by atoms with Crippen molar-refractivity contribution in [3.63, 3.8) is 0 Å². The number of imide groups is 1. The van der Waals surface area contributed by atoms with E-state index in [-0.39, 0.29) is 11.1 Å². The standard InChI is InChI=1S/C14H9N3O5S2/c18-13(8-4-1-2-7-11(8)24(20,21)22)15-14(19)9-5-3-6-10-12(9)23-17-16-10/h1-7H,(H,15,18,19)(H,20,21,22). The molecule has 1 aromatic heterocycles. The second-order valence-electron chi connectivity index (χ2n) is 4.68. The van der Waals surface area contributed by atoms with Crippen molar-refractivity contribution in [1.29, 1.82) is 0 Å². The Balaban J connectivity index is 1.94. The molecule has 0 atom stereocenters. The molecule has 0 saturated carbocycles. The van der Waals surface area contributed by atoms with E-state index in [1.807, 2.05) is 0 Å². The Bertz CT molecular complexity index is 1060. The SMILES string of the molecule is O=C(NC(=O)c1cccc2nnsc12)c1ccccc1S(=O)(=O)O. The first-order valence-corrected chi connectivity index (χ1v) is 8.72. The van der Waals surface area contributed by atoms with E-state index < -0.39 is 26.8 Å². The summed E-state index contributed by atoms with van der Waals surface area (Å²) in [7, 11) is -4.59. The summed E-state index contributed by atoms with van der Waals surface area (Å²) in [6, 6.07) is 9.80. The van der Waals surface area contributed by atoms with Crippen LogP contribution in [0.4, 0.5) is 0 Å². The van der Waals surface area contributed by atoms with E-state index in [4.69, 9.17) is 0 Å². The highest BCUT2D eigenvalue weighted by Crippen LogP contribution is 2.20. The van der Waals surface area contributed by atoms with Crippen molar-refractivity contribution >= 4 is 43.7 Å². The largest absolute Gasteiger partial charge is 0.295 e. The van der Waals surface area contributed by atoms with E-state index in [0.29, 0.717) is 10.2 Å². The highest BCUT2D eigenvalue weighted by atomic mass is 32.2. The van der Waals surface area contributed by atoms with E-state index in [2.05, 4.69) is 14.9 Å². The summed E-state index contributed by atoms with van der Waals surface area (Å²) in [4.78, 5) is 24.0. The number of nitrogens with one attached hydrogen (secondary N) is 1. The molecule has 0 saturated heterocycles. The first-order valence-electron chi connectivity index (χ1n) is 6.51. The molecular formula is C14H9N3O5S2. The molecule has 2 N–H and O–H groups in total. The second kappa shape index (κ2) is 6.07. The van der Waals surface area contributed by atoms with Gasteiger partial charge in [0, 0.05) is 0 Å². The average Bonchev–Trinajstić information content (AvgIpc) is 3.02. The van der Waals surface area contributed by atoms with E-state index in [1.165, 1.54) is 24.3 Å². The molecule has 0 spiro atoms. The van der Waals surface area contributed by atoms with Crippen LogP contribution in [-0.2, 0) is 10.1 Å². The summed E-state index contributed by atoms with van der Waals surface area (Å²) in [5.74, 6) is -1.66. The normalized spacial score (nSPS) is 11.4. The first kappa shape index (κ1) is 16.2. The van der Waals surface area contributed by atoms with Crippen molar-refractivity contribution in [3.8, 4) is 0 Å². The van der Waals surface area contributed by atoms with Crippen molar-refractivity contribution in [2.75, 3.05) is 0 Å². The Morgan fingerprint density at radius 2 is 1.67 bits per heavy atom. The summed E-state index contributed by atoms with van der Waals surface area (Å²) < 4.78 is 36.1. The molecule has 0 fully saturated rings. The van der Waals surface area contributed by atoms with Crippen LogP contribution in [0.15, 0.2) is 47.4 Å². The Hall–Kier alpha value is -2.69. The Morgan fingerprint density at radius 3 is 2.42 bits per heavy atom. The van der Waals surface area contributed by atoms with Gasteiger partial charge in [0.25, 0.3) is 21.9 Å². The summed E-state index contributed by atoms with van der Waals surface area (Å²) in [5.41, 5.74) is 0.376. The smallest absolute Gasteiger partial charge is 0.288 e. The minimum atomic E-state index is -4.59. The van der Waals surface area contributed by atoms with Crippen LogP contribution in [0.25, 0.3) is 10.2 Å². The van der Waals surface area contributed by atoms with Gasteiger partial charge in [0.1, 0.15) is 10.4 Å². The molecule has 122 valence electrons. The molecule has 8 nitrogen and oxygen atoms in total. The molecular weight excluding hydrogens is 354 g/mol. The highest BCUT2D eigenvalue weighted by molar-refractivity contribution is 7.86. The van der Waals surface area contributed by atoms with Gasteiger partial charge in [-0.3, -0.25) is 19.5 Å². The molecule has 1 heterocycles. The van der Waals surface area contributed by atoms with Gasteiger partial charge < -0.3 is 0 Å². The van der Waals surface area contributed by atoms with Crippen LogP contribution in [-0.4, -0.2) is 34.4 Å². The molecule has 0 aliphatic carbocycles. The zero-order valence-corrected chi connectivity index (χ0v) is 13.5. The molecule has 0 aliphatic rings. The lowest BCUT2D eigenvalue weighted by atomic mass is 10.1. The Kier molecular flexibility index (Phi) is 4.09. The van der Waals surface area contributed by atoms with Gasteiger partial charge in [-0.25, -0.2) is 0 Å². The molecule has 0 unspecified atom stereocenters. The first-order chi connectivity index (χ1) is 11.4. The monoisotopic (exact) mass is 363 g/mol. The van der Waals surface area contributed by atoms with Crippen molar-refractivity contribution in [1.82, 2.24) is 14.9 Å². The number of carbonyl (C=O) groups is 2. The van der Waals surface area contributed by atoms with Gasteiger partial charge in [0.2, 0.25) is 0 Å². The van der Waals surface area contributed by atoms with Gasteiger partial charge in [-0.15, -0.1) is 5.10 Å². The van der Waals surface area contributed by atoms with Crippen molar-refractivity contribution < 1.29 is 22.6 Å². The lowest BCUT2D eigenvalue weighted by Crippen LogP contribution is -2.31. The van der Waals surface area contributed by atoms with Gasteiger partial charge in [-0.2, -0.15) is 8.42 Å². The third kappa shape index (κ3) is 3.02. The number of benzene rings is 2. The molecule has 3 rings (SSSR count). The van der Waals surface area contributed by atoms with Crippen LogP contribution in [0.2, 0.25) is 0 Å². The molecule has 3 aromatic rings. The summed E-state index contributed by atoms with van der Waals surface area (Å²) in [5, 5.41) is 5.94. The van der Waals surface area contributed by atoms with E-state index in [0.717, 1.165) is 17.6 Å². The lowest BCUT2D eigenvalue weighted by Gasteiger charge is -2.07. The number of hydrogen-bond donors (Lipinski definition) is 2. The maximum Gasteiger partial charge on any atom is 0.295 e. The fourth-order valence-electron chi connectivity index (χ4n) is 2.10. The third-order valence-corrected chi connectivity index (χ3v) is 4.84. The summed E-state index contributed by atoms with van der Waals surface area (Å²) in [6.07, 6.45) is 0. The number of amides is 2. The van der Waals surface area contributed by atoms with Gasteiger partial charge in [-0.05, 0) is 35.8 Å². The predicted molar refractivity (Wildman–Crippen MR) is 85.5 cm³/mol. The number of hydrogen-bond acceptors (Lipinski definition) is 7. The van der Waals surface area contributed by atoms with Gasteiger partial charge in [0.15, 0.2) is 0 Å². The number of fused-ring (bicyclic) bond motifs is 1. The highest BCUT2D eigenvalue weighted by Gasteiger charge is 2.22. The van der Waals surface area contributed by atoms with Crippen LogP contribution < -0.4 is 5.32 Å². The van der Waals surface area contributed by atoms with Crippen LogP contribution in [0.5, 0.6) is 0 Å². The second-order valence-corrected chi connectivity index (χ2v) is 6.83. The Labute approximate surface area is 140 Å². The van der Waals surface area contributed by atoms with E-state index in [1.54, 1.807) is 12.1 Å². The van der Waals surface area contributed by atoms with Crippen LogP contribution in [0, 0.1) is 0 Å². The summed E-state index contributed by atoms with van der Waals surface area (Å²) >= 11 is 1.00. The molecule has 10 heteroatoms. The van der Waals surface area contributed by atoms with Gasteiger partial charge in [0.05, 0.1) is 15.8 Å². The molecule has 0 aliphatic heterocycles. The fraction of sp³-hybridized carbons (Fsp3) is 0. The minimum Gasteiger partial charge on any atom is -0.288 e. The van der Waals surface area contributed by atoms with Crippen LogP contribution in [0.3, 0.4) is 0 Å². The van der Waals surface area contributed by atoms with Crippen LogP contribution >= 0.6 is 11.5 Å². The fourth-order valence-corrected chi connectivity index (χ4v) is 3.46. The maximum atomic E-state index is 12.3. The minimum absolute atomic E-state index is 0.195. The topological polar surface area (TPSA) is 126 Å². The van der Waals surface area contributed by atoms with Crippen molar-refractivity contribution in [2.45, 2.75) is 4.90 Å². The zero-order valence-electron chi connectivity index (χ0n) is 11.8. The quantitative estimate of drug-likeness (QED) is 0.533. The molecule has 0 radical (unpaired) electrons.